The highest BCUT2D eigenvalue weighted by molar-refractivity contribution is 5.98. The van der Waals surface area contributed by atoms with Crippen LogP contribution in [0.15, 0.2) is 35.1 Å². The van der Waals surface area contributed by atoms with Crippen molar-refractivity contribution in [2.45, 2.75) is 0 Å². The SMILES string of the molecule is O=C(O)C(O)=C1NN=Cc2ccccc21. The van der Waals surface area contributed by atoms with E-state index in [2.05, 4.69) is 10.5 Å². The normalized spacial score (nSPS) is 16.5. The molecule has 0 spiro atoms. The number of aliphatic hydroxyl groups is 1. The number of aliphatic carboxylic acids is 1. The lowest BCUT2D eigenvalue weighted by molar-refractivity contribution is -0.135. The Bertz CT molecular complexity index is 477. The molecule has 2 rings (SSSR count). The third kappa shape index (κ3) is 1.54. The third-order valence-corrected chi connectivity index (χ3v) is 2.05. The second kappa shape index (κ2) is 3.45. The van der Waals surface area contributed by atoms with Gasteiger partial charge in [-0.25, -0.2) is 4.79 Å². The molecule has 1 aromatic rings. The van der Waals surface area contributed by atoms with Crippen LogP contribution in [0.2, 0.25) is 0 Å². The van der Waals surface area contributed by atoms with Crippen molar-refractivity contribution in [2.75, 3.05) is 0 Å². The Hall–Kier alpha value is -2.30. The number of nitrogens with one attached hydrogen (secondary N) is 1. The number of benzene rings is 1. The molecule has 0 saturated carbocycles. The summed E-state index contributed by atoms with van der Waals surface area (Å²) in [6, 6.07) is 7.07. The summed E-state index contributed by atoms with van der Waals surface area (Å²) in [5.74, 6) is -2.12. The maximum absolute atomic E-state index is 10.6. The summed E-state index contributed by atoms with van der Waals surface area (Å²) in [6.45, 7) is 0. The molecule has 5 nitrogen and oxygen atoms in total. The molecule has 1 aliphatic heterocycles. The van der Waals surface area contributed by atoms with Gasteiger partial charge in [-0.15, -0.1) is 0 Å². The molecule has 1 aromatic carbocycles. The number of carbonyl (C=O) groups is 1. The van der Waals surface area contributed by atoms with Gasteiger partial charge in [-0.05, 0) is 0 Å². The number of carboxylic acid groups (broad SMARTS) is 1. The van der Waals surface area contributed by atoms with Gasteiger partial charge in [0.05, 0.1) is 6.21 Å². The maximum Gasteiger partial charge on any atom is 0.373 e. The molecule has 0 atom stereocenters. The Balaban J connectivity index is 2.61. The Labute approximate surface area is 85.4 Å². The van der Waals surface area contributed by atoms with Crippen molar-refractivity contribution in [1.29, 1.82) is 0 Å². The van der Waals surface area contributed by atoms with Crippen molar-refractivity contribution < 1.29 is 15.0 Å². The van der Waals surface area contributed by atoms with Crippen LogP contribution in [0.25, 0.3) is 5.70 Å². The first-order valence-electron chi connectivity index (χ1n) is 4.25. The molecule has 5 heteroatoms. The molecule has 1 aliphatic rings. The van der Waals surface area contributed by atoms with Gasteiger partial charge in [0.1, 0.15) is 5.70 Å². The second-order valence-corrected chi connectivity index (χ2v) is 2.99. The van der Waals surface area contributed by atoms with Crippen LogP contribution < -0.4 is 5.43 Å². The number of hydrogen-bond acceptors (Lipinski definition) is 4. The first kappa shape index (κ1) is 9.26. The molecule has 0 unspecified atom stereocenters. The molecule has 0 bridgehead atoms. The fourth-order valence-electron chi connectivity index (χ4n) is 1.35. The van der Waals surface area contributed by atoms with Gasteiger partial charge in [-0.1, -0.05) is 24.3 Å². The fourth-order valence-corrected chi connectivity index (χ4v) is 1.35. The van der Waals surface area contributed by atoms with E-state index in [-0.39, 0.29) is 5.70 Å². The van der Waals surface area contributed by atoms with Crippen molar-refractivity contribution >= 4 is 17.9 Å². The van der Waals surface area contributed by atoms with E-state index in [1.165, 1.54) is 0 Å². The average Bonchev–Trinajstić information content (AvgIpc) is 2.27. The standard InChI is InChI=1S/C10H8N2O3/c13-9(10(14)15)8-7-4-2-1-3-6(7)5-11-12-8/h1-5,12-13H,(H,14,15). The smallest absolute Gasteiger partial charge is 0.373 e. The lowest BCUT2D eigenvalue weighted by Gasteiger charge is -2.14. The zero-order valence-electron chi connectivity index (χ0n) is 7.64. The molecular weight excluding hydrogens is 196 g/mol. The summed E-state index contributed by atoms with van der Waals surface area (Å²) in [4.78, 5) is 10.6. The number of nitrogens with zero attached hydrogens (tertiary/aromatic N) is 1. The van der Waals surface area contributed by atoms with E-state index in [4.69, 9.17) is 5.11 Å². The first-order chi connectivity index (χ1) is 7.20. The monoisotopic (exact) mass is 204 g/mol. The van der Waals surface area contributed by atoms with Crippen molar-refractivity contribution in [3.05, 3.63) is 41.2 Å². The van der Waals surface area contributed by atoms with Gasteiger partial charge in [0, 0.05) is 11.1 Å². The van der Waals surface area contributed by atoms with Crippen molar-refractivity contribution in [1.82, 2.24) is 5.43 Å². The van der Waals surface area contributed by atoms with Crippen LogP contribution in [0.5, 0.6) is 0 Å². The van der Waals surface area contributed by atoms with E-state index in [0.29, 0.717) is 5.56 Å². The minimum atomic E-state index is -1.38. The van der Waals surface area contributed by atoms with Gasteiger partial charge in [-0.2, -0.15) is 5.10 Å². The van der Waals surface area contributed by atoms with Crippen molar-refractivity contribution in [2.24, 2.45) is 5.10 Å². The van der Waals surface area contributed by atoms with Gasteiger partial charge in [-0.3, -0.25) is 5.43 Å². The highest BCUT2D eigenvalue weighted by atomic mass is 16.4. The summed E-state index contributed by atoms with van der Waals surface area (Å²) in [7, 11) is 0. The Morgan fingerprint density at radius 1 is 1.27 bits per heavy atom. The highest BCUT2D eigenvalue weighted by Crippen LogP contribution is 2.21. The summed E-state index contributed by atoms with van der Waals surface area (Å²) < 4.78 is 0. The predicted molar refractivity (Wildman–Crippen MR) is 54.4 cm³/mol. The summed E-state index contributed by atoms with van der Waals surface area (Å²) >= 11 is 0. The number of aliphatic hydroxyl groups excluding tert-OH is 1. The number of hydrogen-bond donors (Lipinski definition) is 3. The van der Waals surface area contributed by atoms with Crippen molar-refractivity contribution in [3.8, 4) is 0 Å². The van der Waals surface area contributed by atoms with E-state index >= 15 is 0 Å². The van der Waals surface area contributed by atoms with E-state index in [0.717, 1.165) is 5.56 Å². The van der Waals surface area contributed by atoms with Crippen LogP contribution in [0, 0.1) is 0 Å². The van der Waals surface area contributed by atoms with E-state index < -0.39 is 11.7 Å². The lowest BCUT2D eigenvalue weighted by atomic mass is 10.0. The third-order valence-electron chi connectivity index (χ3n) is 2.05. The fraction of sp³-hybridized carbons (Fsp3) is 0. The number of hydrazone groups is 1. The molecule has 1 heterocycles. The molecule has 0 saturated heterocycles. The quantitative estimate of drug-likeness (QED) is 0.469. The number of carboxylic acids is 1. The zero-order valence-corrected chi connectivity index (χ0v) is 7.64. The molecule has 0 aliphatic carbocycles. The van der Waals surface area contributed by atoms with Crippen LogP contribution in [0.1, 0.15) is 11.1 Å². The molecule has 15 heavy (non-hydrogen) atoms. The molecule has 0 amide bonds. The number of rotatable bonds is 1. The molecule has 0 aromatic heterocycles. The van der Waals surface area contributed by atoms with Crippen LogP contribution in [0.3, 0.4) is 0 Å². The topological polar surface area (TPSA) is 81.9 Å². The molecule has 76 valence electrons. The van der Waals surface area contributed by atoms with Gasteiger partial charge >= 0.3 is 5.97 Å². The zero-order chi connectivity index (χ0) is 10.8. The van der Waals surface area contributed by atoms with Gasteiger partial charge in [0.15, 0.2) is 0 Å². The Morgan fingerprint density at radius 2 is 2.00 bits per heavy atom. The van der Waals surface area contributed by atoms with E-state index in [1.54, 1.807) is 24.4 Å². The maximum atomic E-state index is 10.6. The van der Waals surface area contributed by atoms with Crippen LogP contribution in [-0.2, 0) is 4.79 Å². The van der Waals surface area contributed by atoms with E-state index in [1.807, 2.05) is 6.07 Å². The van der Waals surface area contributed by atoms with E-state index in [9.17, 15) is 9.90 Å². The summed E-state index contributed by atoms with van der Waals surface area (Å²) in [5.41, 5.74) is 3.97. The Kier molecular flexibility index (Phi) is 2.13. The minimum Gasteiger partial charge on any atom is -0.500 e. The van der Waals surface area contributed by atoms with Gasteiger partial charge in [0.2, 0.25) is 5.76 Å². The summed E-state index contributed by atoms with van der Waals surface area (Å²) in [5, 5.41) is 21.7. The molecule has 0 radical (unpaired) electrons. The minimum absolute atomic E-state index is 0.112. The highest BCUT2D eigenvalue weighted by Gasteiger charge is 2.18. The predicted octanol–water partition coefficient (Wildman–Crippen LogP) is 0.935. The van der Waals surface area contributed by atoms with Crippen molar-refractivity contribution in [3.63, 3.8) is 0 Å². The number of fused-ring (bicyclic) bond motifs is 1. The molecule has 3 N–H and O–H groups in total. The first-order valence-corrected chi connectivity index (χ1v) is 4.25. The van der Waals surface area contributed by atoms with Gasteiger partial charge < -0.3 is 10.2 Å². The largest absolute Gasteiger partial charge is 0.500 e. The van der Waals surface area contributed by atoms with Crippen LogP contribution >= 0.6 is 0 Å². The van der Waals surface area contributed by atoms with Gasteiger partial charge in [0.25, 0.3) is 0 Å². The lowest BCUT2D eigenvalue weighted by Crippen LogP contribution is -2.17. The second-order valence-electron chi connectivity index (χ2n) is 2.99. The molecular formula is C10H8N2O3. The van der Waals surface area contributed by atoms with Crippen LogP contribution in [-0.4, -0.2) is 22.4 Å². The summed E-state index contributed by atoms with van der Waals surface area (Å²) in [6.07, 6.45) is 1.56. The average molecular weight is 204 g/mol. The van der Waals surface area contributed by atoms with Crippen LogP contribution in [0.4, 0.5) is 0 Å². The Morgan fingerprint density at radius 3 is 2.73 bits per heavy atom. The molecule has 0 fully saturated rings.